The highest BCUT2D eigenvalue weighted by atomic mass is 32.2. The van der Waals surface area contributed by atoms with Crippen molar-refractivity contribution in [1.29, 1.82) is 0 Å². The zero-order valence-electron chi connectivity index (χ0n) is 13.0. The number of hydrogen-bond donors (Lipinski definition) is 1. The Morgan fingerprint density at radius 2 is 1.95 bits per heavy atom. The summed E-state index contributed by atoms with van der Waals surface area (Å²) in [7, 11) is -2.83. The van der Waals surface area contributed by atoms with Gasteiger partial charge in [-0.05, 0) is 63.1 Å². The van der Waals surface area contributed by atoms with E-state index in [0.29, 0.717) is 18.3 Å². The number of nitrogens with one attached hydrogen (secondary N) is 1. The average Bonchev–Trinajstić information content (AvgIpc) is 3.05. The number of nitrogens with zero attached hydrogens (tertiary/aromatic N) is 1. The maximum Gasteiger partial charge on any atom is 0.148 e. The van der Waals surface area contributed by atoms with Gasteiger partial charge in [0.2, 0.25) is 0 Å². The fraction of sp³-hybridized carbons (Fsp3) is 0.875. The van der Waals surface area contributed by atoms with E-state index in [1.165, 1.54) is 25.6 Å². The molecule has 3 atom stereocenters. The van der Waals surface area contributed by atoms with Crippen molar-refractivity contribution in [2.75, 3.05) is 38.2 Å². The van der Waals surface area contributed by atoms with Crippen LogP contribution >= 0.6 is 0 Å². The number of likely N-dealkylation sites (tertiary alicyclic amines) is 1. The average molecular weight is 312 g/mol. The van der Waals surface area contributed by atoms with Crippen LogP contribution in [0.4, 0.5) is 0 Å². The van der Waals surface area contributed by atoms with E-state index in [9.17, 15) is 8.42 Å². The molecule has 0 unspecified atom stereocenters. The first-order chi connectivity index (χ1) is 9.99. The number of hydrogen-bond acceptors (Lipinski definition) is 4. The van der Waals surface area contributed by atoms with Gasteiger partial charge in [-0.2, -0.15) is 0 Å². The van der Waals surface area contributed by atoms with Crippen molar-refractivity contribution in [3.8, 4) is 0 Å². The van der Waals surface area contributed by atoms with Crippen LogP contribution in [-0.4, -0.2) is 57.5 Å². The van der Waals surface area contributed by atoms with E-state index in [4.69, 9.17) is 0 Å². The molecule has 0 amide bonds. The van der Waals surface area contributed by atoms with Gasteiger partial charge in [-0.25, -0.2) is 8.42 Å². The number of sulfone groups is 1. The molecule has 1 N–H and O–H groups in total. The van der Waals surface area contributed by atoms with Crippen molar-refractivity contribution in [1.82, 2.24) is 10.2 Å². The summed E-state index contributed by atoms with van der Waals surface area (Å²) in [6.07, 6.45) is 11.2. The van der Waals surface area contributed by atoms with Gasteiger partial charge in [-0.1, -0.05) is 12.2 Å². The fourth-order valence-corrected chi connectivity index (χ4v) is 4.69. The van der Waals surface area contributed by atoms with E-state index in [0.717, 1.165) is 43.7 Å². The third-order valence-electron chi connectivity index (χ3n) is 5.45. The Balaban J connectivity index is 1.33. The third-order valence-corrected chi connectivity index (χ3v) is 6.38. The van der Waals surface area contributed by atoms with Gasteiger partial charge in [0.15, 0.2) is 0 Å². The predicted molar refractivity (Wildman–Crippen MR) is 86.0 cm³/mol. The molecule has 120 valence electrons. The van der Waals surface area contributed by atoms with Crippen LogP contribution in [0.3, 0.4) is 0 Å². The summed E-state index contributed by atoms with van der Waals surface area (Å²) < 4.78 is 22.4. The van der Waals surface area contributed by atoms with Crippen molar-refractivity contribution in [2.45, 2.75) is 31.7 Å². The Kier molecular flexibility index (Phi) is 4.71. The molecule has 1 saturated carbocycles. The summed E-state index contributed by atoms with van der Waals surface area (Å²) in [5, 5.41) is 3.76. The SMILES string of the molecule is CS(=O)(=O)CCN1CCC(NC[C@@H]2C[C@H]3C=C[C@H]2C3)CC1. The maximum atomic E-state index is 11.2. The van der Waals surface area contributed by atoms with Crippen molar-refractivity contribution in [3.63, 3.8) is 0 Å². The lowest BCUT2D eigenvalue weighted by Gasteiger charge is -2.33. The molecule has 0 aromatic heterocycles. The van der Waals surface area contributed by atoms with Gasteiger partial charge in [0.25, 0.3) is 0 Å². The van der Waals surface area contributed by atoms with Crippen molar-refractivity contribution in [2.24, 2.45) is 17.8 Å². The minimum absolute atomic E-state index is 0.294. The van der Waals surface area contributed by atoms with Crippen molar-refractivity contribution >= 4 is 9.84 Å². The molecule has 5 heteroatoms. The minimum atomic E-state index is -2.83. The van der Waals surface area contributed by atoms with Crippen LogP contribution in [0.25, 0.3) is 0 Å². The molecule has 0 aromatic rings. The van der Waals surface area contributed by atoms with Gasteiger partial charge < -0.3 is 10.2 Å². The first kappa shape index (κ1) is 15.5. The third kappa shape index (κ3) is 4.30. The Bertz CT molecular complexity index is 481. The second-order valence-electron chi connectivity index (χ2n) is 7.19. The Morgan fingerprint density at radius 3 is 2.52 bits per heavy atom. The quantitative estimate of drug-likeness (QED) is 0.751. The van der Waals surface area contributed by atoms with Gasteiger partial charge >= 0.3 is 0 Å². The van der Waals surface area contributed by atoms with E-state index in [1.807, 2.05) is 0 Å². The van der Waals surface area contributed by atoms with Crippen molar-refractivity contribution < 1.29 is 8.42 Å². The van der Waals surface area contributed by atoms with Crippen LogP contribution < -0.4 is 5.32 Å². The van der Waals surface area contributed by atoms with E-state index in [1.54, 1.807) is 0 Å². The Labute approximate surface area is 128 Å². The van der Waals surface area contributed by atoms with Gasteiger partial charge in [-0.15, -0.1) is 0 Å². The molecular weight excluding hydrogens is 284 g/mol. The standard InChI is InChI=1S/C16H28N2O2S/c1-21(19,20)9-8-18-6-4-16(5-7-18)17-12-15-11-13-2-3-14(15)10-13/h2-3,13-17H,4-12H2,1H3/t13-,14-,15-/m0/s1. The second-order valence-corrected chi connectivity index (χ2v) is 9.45. The number of rotatable bonds is 6. The van der Waals surface area contributed by atoms with E-state index in [2.05, 4.69) is 22.4 Å². The lowest BCUT2D eigenvalue weighted by Crippen LogP contribution is -2.45. The summed E-state index contributed by atoms with van der Waals surface area (Å²) in [5.41, 5.74) is 0. The Morgan fingerprint density at radius 1 is 1.19 bits per heavy atom. The monoisotopic (exact) mass is 312 g/mol. The summed E-state index contributed by atoms with van der Waals surface area (Å²) >= 11 is 0. The van der Waals surface area contributed by atoms with Gasteiger partial charge in [0.05, 0.1) is 5.75 Å². The van der Waals surface area contributed by atoms with Crippen LogP contribution in [0.2, 0.25) is 0 Å². The van der Waals surface area contributed by atoms with Crippen LogP contribution in [0.15, 0.2) is 12.2 Å². The molecular formula is C16H28N2O2S. The highest BCUT2D eigenvalue weighted by Gasteiger charge is 2.35. The van der Waals surface area contributed by atoms with Crippen molar-refractivity contribution in [3.05, 3.63) is 12.2 Å². The summed E-state index contributed by atoms with van der Waals surface area (Å²) in [4.78, 5) is 2.29. The zero-order valence-corrected chi connectivity index (χ0v) is 13.8. The van der Waals surface area contributed by atoms with Gasteiger partial charge in [0, 0.05) is 18.8 Å². The molecule has 4 nitrogen and oxygen atoms in total. The van der Waals surface area contributed by atoms with E-state index >= 15 is 0 Å². The lowest BCUT2D eigenvalue weighted by atomic mass is 9.93. The summed E-state index contributed by atoms with van der Waals surface area (Å²) in [6.45, 7) is 3.93. The normalized spacial score (nSPS) is 33.9. The second kappa shape index (κ2) is 6.39. The summed E-state index contributed by atoms with van der Waals surface area (Å²) in [5.74, 6) is 2.84. The van der Waals surface area contributed by atoms with Gasteiger partial charge in [-0.3, -0.25) is 0 Å². The summed E-state index contributed by atoms with van der Waals surface area (Å²) in [6, 6.07) is 0.627. The van der Waals surface area contributed by atoms with Crippen LogP contribution in [-0.2, 0) is 9.84 Å². The number of allylic oxidation sites excluding steroid dienone is 2. The van der Waals surface area contributed by atoms with Crippen LogP contribution in [0.5, 0.6) is 0 Å². The smallest absolute Gasteiger partial charge is 0.148 e. The van der Waals surface area contributed by atoms with E-state index in [-0.39, 0.29) is 0 Å². The zero-order chi connectivity index (χ0) is 14.9. The molecule has 2 bridgehead atoms. The van der Waals surface area contributed by atoms with Crippen LogP contribution in [0.1, 0.15) is 25.7 Å². The predicted octanol–water partition coefficient (Wildman–Crippen LogP) is 1.30. The molecule has 1 saturated heterocycles. The number of piperidine rings is 1. The molecule has 1 aliphatic heterocycles. The first-order valence-corrected chi connectivity index (χ1v) is 10.4. The molecule has 0 spiro atoms. The maximum absolute atomic E-state index is 11.2. The lowest BCUT2D eigenvalue weighted by molar-refractivity contribution is 0.202. The topological polar surface area (TPSA) is 49.4 Å². The van der Waals surface area contributed by atoms with Crippen LogP contribution in [0, 0.1) is 17.8 Å². The minimum Gasteiger partial charge on any atom is -0.314 e. The molecule has 2 aliphatic carbocycles. The Hall–Kier alpha value is -0.390. The molecule has 1 heterocycles. The fourth-order valence-electron chi connectivity index (χ4n) is 4.10. The van der Waals surface area contributed by atoms with Gasteiger partial charge in [0.1, 0.15) is 9.84 Å². The number of fused-ring (bicyclic) bond motifs is 2. The van der Waals surface area contributed by atoms with E-state index < -0.39 is 9.84 Å². The largest absolute Gasteiger partial charge is 0.314 e. The molecule has 0 aromatic carbocycles. The molecule has 2 fully saturated rings. The molecule has 3 rings (SSSR count). The first-order valence-electron chi connectivity index (χ1n) is 8.31. The highest BCUT2D eigenvalue weighted by Crippen LogP contribution is 2.43. The molecule has 21 heavy (non-hydrogen) atoms. The highest BCUT2D eigenvalue weighted by molar-refractivity contribution is 7.90. The molecule has 0 radical (unpaired) electrons. The molecule has 3 aliphatic rings.